The number of fused-ring (bicyclic) bond motifs is 1. The van der Waals surface area contributed by atoms with Crippen LogP contribution >= 0.6 is 15.9 Å². The van der Waals surface area contributed by atoms with Gasteiger partial charge in [-0.05, 0) is 35.0 Å². The first-order chi connectivity index (χ1) is 8.11. The van der Waals surface area contributed by atoms with Crippen molar-refractivity contribution in [1.82, 2.24) is 5.06 Å². The third-order valence-corrected chi connectivity index (χ3v) is 3.10. The van der Waals surface area contributed by atoms with Crippen molar-refractivity contribution in [3.05, 3.63) is 46.4 Å². The Kier molecular flexibility index (Phi) is 3.45. The second kappa shape index (κ2) is 4.85. The van der Waals surface area contributed by atoms with Crippen LogP contribution in [0.1, 0.15) is 10.4 Å². The first-order valence-corrected chi connectivity index (χ1v) is 5.92. The molecule has 88 valence electrons. The summed E-state index contributed by atoms with van der Waals surface area (Å²) in [6, 6.07) is 11.5. The number of hydrogen-bond acceptors (Lipinski definition) is 2. The molecule has 0 aliphatic rings. The quantitative estimate of drug-likeness (QED) is 0.796. The molecule has 0 aliphatic heterocycles. The van der Waals surface area contributed by atoms with Gasteiger partial charge in [-0.1, -0.05) is 28.1 Å². The molecule has 0 aromatic heterocycles. The third kappa shape index (κ3) is 2.48. The maximum atomic E-state index is 11.9. The molecule has 0 unspecified atom stereocenters. The Balaban J connectivity index is 2.45. The summed E-state index contributed by atoms with van der Waals surface area (Å²) in [5, 5.41) is 3.33. The van der Waals surface area contributed by atoms with E-state index < -0.39 is 0 Å². The molecule has 4 heteroatoms. The lowest BCUT2D eigenvalue weighted by Gasteiger charge is -2.13. The molecular formula is C13H12BrNO2. The highest BCUT2D eigenvalue weighted by Gasteiger charge is 2.11. The van der Waals surface area contributed by atoms with E-state index in [-0.39, 0.29) is 5.91 Å². The van der Waals surface area contributed by atoms with Crippen LogP contribution in [0.4, 0.5) is 0 Å². The lowest BCUT2D eigenvalue weighted by molar-refractivity contribution is -0.0756. The fourth-order valence-corrected chi connectivity index (χ4v) is 1.99. The van der Waals surface area contributed by atoms with Crippen LogP contribution in [0.15, 0.2) is 40.9 Å². The van der Waals surface area contributed by atoms with E-state index in [4.69, 9.17) is 4.84 Å². The number of amides is 1. The summed E-state index contributed by atoms with van der Waals surface area (Å²) in [6.07, 6.45) is 0. The van der Waals surface area contributed by atoms with Gasteiger partial charge in [0.05, 0.1) is 7.11 Å². The number of halogens is 1. The summed E-state index contributed by atoms with van der Waals surface area (Å²) in [4.78, 5) is 16.8. The van der Waals surface area contributed by atoms with Crippen LogP contribution in [0.5, 0.6) is 0 Å². The van der Waals surface area contributed by atoms with Crippen molar-refractivity contribution in [3.8, 4) is 0 Å². The Morgan fingerprint density at radius 2 is 1.82 bits per heavy atom. The van der Waals surface area contributed by atoms with E-state index in [1.165, 1.54) is 12.2 Å². The maximum Gasteiger partial charge on any atom is 0.277 e. The molecule has 0 N–H and O–H groups in total. The standard InChI is InChI=1S/C13H12BrNO2/c1-15(17-2)13(16)11-4-3-10-8-12(14)6-5-9(10)7-11/h3-8H,1-2H3. The van der Waals surface area contributed by atoms with Gasteiger partial charge in [-0.3, -0.25) is 9.63 Å². The van der Waals surface area contributed by atoms with Gasteiger partial charge in [0.1, 0.15) is 0 Å². The van der Waals surface area contributed by atoms with Crippen molar-refractivity contribution in [3.63, 3.8) is 0 Å². The molecule has 0 heterocycles. The van der Waals surface area contributed by atoms with E-state index in [9.17, 15) is 4.79 Å². The first kappa shape index (κ1) is 12.1. The van der Waals surface area contributed by atoms with Crippen LogP contribution in [0.2, 0.25) is 0 Å². The highest BCUT2D eigenvalue weighted by atomic mass is 79.9. The summed E-state index contributed by atoms with van der Waals surface area (Å²) in [5.74, 6) is -0.155. The predicted molar refractivity (Wildman–Crippen MR) is 70.8 cm³/mol. The minimum Gasteiger partial charge on any atom is -0.274 e. The number of hydrogen-bond donors (Lipinski definition) is 0. The van der Waals surface area contributed by atoms with E-state index in [1.807, 2.05) is 30.3 Å². The molecular weight excluding hydrogens is 282 g/mol. The van der Waals surface area contributed by atoms with Crippen LogP contribution in [0.25, 0.3) is 10.8 Å². The van der Waals surface area contributed by atoms with E-state index in [2.05, 4.69) is 15.9 Å². The third-order valence-electron chi connectivity index (χ3n) is 2.61. The molecule has 1 amide bonds. The summed E-state index contributed by atoms with van der Waals surface area (Å²) in [7, 11) is 3.06. The molecule has 0 bridgehead atoms. The van der Waals surface area contributed by atoms with Crippen molar-refractivity contribution in [2.45, 2.75) is 0 Å². The molecule has 3 nitrogen and oxygen atoms in total. The van der Waals surface area contributed by atoms with Gasteiger partial charge in [0, 0.05) is 17.1 Å². The smallest absolute Gasteiger partial charge is 0.274 e. The predicted octanol–water partition coefficient (Wildman–Crippen LogP) is 3.24. The molecule has 0 aliphatic carbocycles. The van der Waals surface area contributed by atoms with Crippen LogP contribution in [0, 0.1) is 0 Å². The van der Waals surface area contributed by atoms with Crippen molar-refractivity contribution < 1.29 is 9.63 Å². The normalized spacial score (nSPS) is 10.5. The molecule has 0 radical (unpaired) electrons. The number of nitrogens with zero attached hydrogens (tertiary/aromatic N) is 1. The highest BCUT2D eigenvalue weighted by molar-refractivity contribution is 9.10. The molecule has 17 heavy (non-hydrogen) atoms. The lowest BCUT2D eigenvalue weighted by Crippen LogP contribution is -2.25. The topological polar surface area (TPSA) is 29.5 Å². The van der Waals surface area contributed by atoms with Gasteiger partial charge in [-0.15, -0.1) is 0 Å². The van der Waals surface area contributed by atoms with Crippen LogP contribution in [-0.4, -0.2) is 25.1 Å². The fourth-order valence-electron chi connectivity index (χ4n) is 1.61. The average Bonchev–Trinajstić information content (AvgIpc) is 2.36. The van der Waals surface area contributed by atoms with E-state index in [0.29, 0.717) is 5.56 Å². The van der Waals surface area contributed by atoms with Crippen molar-refractivity contribution >= 4 is 32.6 Å². The Morgan fingerprint density at radius 3 is 2.53 bits per heavy atom. The molecule has 0 spiro atoms. The van der Waals surface area contributed by atoms with Crippen LogP contribution in [-0.2, 0) is 4.84 Å². The van der Waals surface area contributed by atoms with E-state index >= 15 is 0 Å². The molecule has 2 aromatic rings. The molecule has 2 rings (SSSR count). The molecule has 2 aromatic carbocycles. The number of carbonyl (C=O) groups excluding carboxylic acids is 1. The average molecular weight is 294 g/mol. The molecule has 0 saturated carbocycles. The highest BCUT2D eigenvalue weighted by Crippen LogP contribution is 2.21. The zero-order valence-corrected chi connectivity index (χ0v) is 11.2. The van der Waals surface area contributed by atoms with Crippen molar-refractivity contribution in [1.29, 1.82) is 0 Å². The molecule has 0 atom stereocenters. The van der Waals surface area contributed by atoms with E-state index in [1.54, 1.807) is 13.1 Å². The largest absolute Gasteiger partial charge is 0.277 e. The zero-order valence-electron chi connectivity index (χ0n) is 9.61. The van der Waals surface area contributed by atoms with Crippen LogP contribution < -0.4 is 0 Å². The zero-order chi connectivity index (χ0) is 12.4. The van der Waals surface area contributed by atoms with Gasteiger partial charge < -0.3 is 0 Å². The minimum atomic E-state index is -0.155. The lowest BCUT2D eigenvalue weighted by atomic mass is 10.1. The first-order valence-electron chi connectivity index (χ1n) is 5.13. The maximum absolute atomic E-state index is 11.9. The summed E-state index contributed by atoms with van der Waals surface area (Å²) in [5.41, 5.74) is 0.615. The number of carbonyl (C=O) groups is 1. The molecule has 0 fully saturated rings. The fraction of sp³-hybridized carbons (Fsp3) is 0.154. The minimum absolute atomic E-state index is 0.155. The summed E-state index contributed by atoms with van der Waals surface area (Å²) >= 11 is 3.42. The van der Waals surface area contributed by atoms with Gasteiger partial charge in [-0.2, -0.15) is 0 Å². The van der Waals surface area contributed by atoms with Gasteiger partial charge in [-0.25, -0.2) is 5.06 Å². The molecule has 0 saturated heterocycles. The van der Waals surface area contributed by atoms with E-state index in [0.717, 1.165) is 15.2 Å². The monoisotopic (exact) mass is 293 g/mol. The van der Waals surface area contributed by atoms with Gasteiger partial charge in [0.25, 0.3) is 5.91 Å². The summed E-state index contributed by atoms with van der Waals surface area (Å²) in [6.45, 7) is 0. The number of benzene rings is 2. The van der Waals surface area contributed by atoms with Crippen molar-refractivity contribution in [2.75, 3.05) is 14.2 Å². The van der Waals surface area contributed by atoms with Gasteiger partial charge in [0.2, 0.25) is 0 Å². The summed E-state index contributed by atoms with van der Waals surface area (Å²) < 4.78 is 1.03. The Bertz CT molecular complexity index is 568. The number of rotatable bonds is 2. The SMILES string of the molecule is CON(C)C(=O)c1ccc2cc(Br)ccc2c1. The van der Waals surface area contributed by atoms with Crippen LogP contribution in [0.3, 0.4) is 0 Å². The van der Waals surface area contributed by atoms with Crippen molar-refractivity contribution in [2.24, 2.45) is 0 Å². The Morgan fingerprint density at radius 1 is 1.18 bits per heavy atom. The Hall–Kier alpha value is -1.39. The number of hydroxylamine groups is 2. The second-order valence-electron chi connectivity index (χ2n) is 3.69. The van der Waals surface area contributed by atoms with Gasteiger partial charge >= 0.3 is 0 Å². The Labute approximate surface area is 108 Å². The second-order valence-corrected chi connectivity index (χ2v) is 4.61. The van der Waals surface area contributed by atoms with Gasteiger partial charge in [0.15, 0.2) is 0 Å².